The summed E-state index contributed by atoms with van der Waals surface area (Å²) in [7, 11) is 0. The molecule has 17 heavy (non-hydrogen) atoms. The lowest BCUT2D eigenvalue weighted by Crippen LogP contribution is -2.35. The van der Waals surface area contributed by atoms with Crippen LogP contribution < -0.4 is 4.84 Å². The van der Waals surface area contributed by atoms with Gasteiger partial charge >= 0.3 is 5.97 Å². The van der Waals surface area contributed by atoms with Crippen molar-refractivity contribution in [2.45, 2.75) is 12.8 Å². The van der Waals surface area contributed by atoms with Gasteiger partial charge in [0.05, 0.1) is 0 Å². The summed E-state index contributed by atoms with van der Waals surface area (Å²) in [5.74, 6) is -1.59. The number of likely N-dealkylation sites (tertiary alicyclic amines) is 1. The molecule has 2 N–H and O–H groups in total. The van der Waals surface area contributed by atoms with Crippen LogP contribution in [0.5, 0.6) is 11.8 Å². The molecular weight excluding hydrogens is 228 g/mol. The smallest absolute Gasteiger partial charge is 0.352 e. The van der Waals surface area contributed by atoms with E-state index < -0.39 is 5.97 Å². The largest absolute Gasteiger partial charge is 0.492 e. The Morgan fingerprint density at radius 3 is 2.53 bits per heavy atom. The van der Waals surface area contributed by atoms with Crippen LogP contribution in [-0.4, -0.2) is 44.8 Å². The fourth-order valence-electron chi connectivity index (χ4n) is 1.65. The molecule has 2 rings (SSSR count). The van der Waals surface area contributed by atoms with Crippen molar-refractivity contribution in [2.75, 3.05) is 13.1 Å². The van der Waals surface area contributed by atoms with Gasteiger partial charge in [0.1, 0.15) is 6.54 Å². The second kappa shape index (κ2) is 4.36. The van der Waals surface area contributed by atoms with E-state index in [4.69, 9.17) is 4.84 Å². The molecule has 0 aliphatic carbocycles. The number of rotatable bonds is 3. The predicted octanol–water partition coefficient (Wildman–Crippen LogP) is -0.523. The third-order valence-electron chi connectivity index (χ3n) is 2.48. The summed E-state index contributed by atoms with van der Waals surface area (Å²) >= 11 is 0. The average molecular weight is 240 g/mol. The summed E-state index contributed by atoms with van der Waals surface area (Å²) < 4.78 is 0.600. The molecule has 0 spiro atoms. The topological polar surface area (TPSA) is 92.0 Å². The normalized spacial score (nSPS) is 15.3. The number of amides is 1. The predicted molar refractivity (Wildman–Crippen MR) is 55.2 cm³/mol. The van der Waals surface area contributed by atoms with Crippen LogP contribution in [0.15, 0.2) is 12.1 Å². The molecule has 92 valence electrons. The molecule has 1 aliphatic rings. The first-order valence-corrected chi connectivity index (χ1v) is 5.16. The highest BCUT2D eigenvalue weighted by atomic mass is 16.7. The summed E-state index contributed by atoms with van der Waals surface area (Å²) in [6.07, 6.45) is 1.17. The standard InChI is InChI=1S/C10H12N2O5/c13-7-2-1-5-11(7)6-10(16)17-12-8(14)3-4-9(12)15/h3-4,14-15H,1-2,5-6H2. The number of aromatic hydroxyl groups is 2. The molecule has 0 aromatic carbocycles. The second-order valence-corrected chi connectivity index (χ2v) is 3.73. The summed E-state index contributed by atoms with van der Waals surface area (Å²) in [4.78, 5) is 28.8. The number of carbonyl (C=O) groups excluding carboxylic acids is 2. The van der Waals surface area contributed by atoms with E-state index >= 15 is 0 Å². The fourth-order valence-corrected chi connectivity index (χ4v) is 1.65. The van der Waals surface area contributed by atoms with Gasteiger partial charge in [0, 0.05) is 25.1 Å². The lowest BCUT2D eigenvalue weighted by Gasteiger charge is -2.14. The SMILES string of the molecule is O=C(CN1CCCC1=O)On1c(O)ccc1O. The number of hydrogen-bond donors (Lipinski definition) is 2. The van der Waals surface area contributed by atoms with Gasteiger partial charge in [-0.15, -0.1) is 4.73 Å². The molecule has 0 radical (unpaired) electrons. The highest BCUT2D eigenvalue weighted by molar-refractivity contribution is 5.83. The van der Waals surface area contributed by atoms with E-state index in [1.807, 2.05) is 0 Å². The molecule has 1 amide bonds. The molecule has 1 aliphatic heterocycles. The van der Waals surface area contributed by atoms with Crippen molar-refractivity contribution in [3.05, 3.63) is 12.1 Å². The van der Waals surface area contributed by atoms with E-state index in [2.05, 4.69) is 0 Å². The van der Waals surface area contributed by atoms with Crippen LogP contribution in [0.1, 0.15) is 12.8 Å². The van der Waals surface area contributed by atoms with E-state index in [1.165, 1.54) is 17.0 Å². The van der Waals surface area contributed by atoms with E-state index in [0.29, 0.717) is 17.7 Å². The van der Waals surface area contributed by atoms with Crippen LogP contribution in [-0.2, 0) is 9.59 Å². The highest BCUT2D eigenvalue weighted by Gasteiger charge is 2.24. The Labute approximate surface area is 96.8 Å². The zero-order valence-electron chi connectivity index (χ0n) is 9.00. The van der Waals surface area contributed by atoms with Gasteiger partial charge in [0.15, 0.2) is 0 Å². The monoisotopic (exact) mass is 240 g/mol. The molecule has 1 aromatic rings. The number of carbonyl (C=O) groups is 2. The highest BCUT2D eigenvalue weighted by Crippen LogP contribution is 2.18. The summed E-state index contributed by atoms with van der Waals surface area (Å²) in [6.45, 7) is 0.341. The van der Waals surface area contributed by atoms with Crippen LogP contribution in [0.25, 0.3) is 0 Å². The van der Waals surface area contributed by atoms with Crippen molar-refractivity contribution < 1.29 is 24.6 Å². The van der Waals surface area contributed by atoms with Gasteiger partial charge in [-0.3, -0.25) is 4.79 Å². The Balaban J connectivity index is 1.96. The van der Waals surface area contributed by atoms with Gasteiger partial charge in [-0.05, 0) is 6.42 Å². The molecule has 1 aromatic heterocycles. The number of nitrogens with zero attached hydrogens (tertiary/aromatic N) is 2. The van der Waals surface area contributed by atoms with E-state index in [-0.39, 0.29) is 24.2 Å². The quantitative estimate of drug-likeness (QED) is 0.741. The number of aromatic nitrogens is 1. The maximum absolute atomic E-state index is 11.5. The Bertz CT molecular complexity index is 434. The molecule has 2 heterocycles. The lowest BCUT2D eigenvalue weighted by molar-refractivity contribution is -0.149. The lowest BCUT2D eigenvalue weighted by atomic mass is 10.4. The van der Waals surface area contributed by atoms with Crippen molar-refractivity contribution in [3.8, 4) is 11.8 Å². The van der Waals surface area contributed by atoms with Crippen LogP contribution in [0.2, 0.25) is 0 Å². The Morgan fingerprint density at radius 1 is 1.35 bits per heavy atom. The molecule has 0 bridgehead atoms. The van der Waals surface area contributed by atoms with Crippen molar-refractivity contribution in [2.24, 2.45) is 0 Å². The second-order valence-electron chi connectivity index (χ2n) is 3.73. The first kappa shape index (κ1) is 11.3. The van der Waals surface area contributed by atoms with Crippen LogP contribution >= 0.6 is 0 Å². The van der Waals surface area contributed by atoms with Crippen LogP contribution in [0.4, 0.5) is 0 Å². The van der Waals surface area contributed by atoms with Gasteiger partial charge in [-0.1, -0.05) is 0 Å². The van der Waals surface area contributed by atoms with Gasteiger partial charge in [0.2, 0.25) is 17.7 Å². The molecule has 1 saturated heterocycles. The Hall–Kier alpha value is -2.18. The molecule has 1 fully saturated rings. The van der Waals surface area contributed by atoms with Crippen molar-refractivity contribution >= 4 is 11.9 Å². The maximum Gasteiger partial charge on any atom is 0.352 e. The van der Waals surface area contributed by atoms with E-state index in [0.717, 1.165) is 6.42 Å². The third-order valence-corrected chi connectivity index (χ3v) is 2.48. The van der Waals surface area contributed by atoms with E-state index in [1.54, 1.807) is 0 Å². The maximum atomic E-state index is 11.5. The summed E-state index contributed by atoms with van der Waals surface area (Å²) in [6, 6.07) is 2.37. The minimum absolute atomic E-state index is 0.0945. The Kier molecular flexibility index (Phi) is 2.90. The van der Waals surface area contributed by atoms with Gasteiger partial charge < -0.3 is 20.0 Å². The van der Waals surface area contributed by atoms with Crippen molar-refractivity contribution in [1.82, 2.24) is 9.63 Å². The Morgan fingerprint density at radius 2 is 2.00 bits per heavy atom. The first-order valence-electron chi connectivity index (χ1n) is 5.16. The molecule has 7 nitrogen and oxygen atoms in total. The zero-order chi connectivity index (χ0) is 12.4. The van der Waals surface area contributed by atoms with Crippen LogP contribution in [0.3, 0.4) is 0 Å². The molecular formula is C10H12N2O5. The number of hydrogen-bond acceptors (Lipinski definition) is 5. The first-order chi connectivity index (χ1) is 8.08. The van der Waals surface area contributed by atoms with Gasteiger partial charge in [0.25, 0.3) is 0 Å². The van der Waals surface area contributed by atoms with Crippen molar-refractivity contribution in [3.63, 3.8) is 0 Å². The molecule has 0 unspecified atom stereocenters. The summed E-state index contributed by atoms with van der Waals surface area (Å²) in [5.41, 5.74) is 0. The van der Waals surface area contributed by atoms with Gasteiger partial charge in [-0.25, -0.2) is 4.79 Å². The molecule has 0 atom stereocenters. The minimum atomic E-state index is -0.720. The molecule has 0 saturated carbocycles. The minimum Gasteiger partial charge on any atom is -0.492 e. The van der Waals surface area contributed by atoms with E-state index in [9.17, 15) is 19.8 Å². The molecule has 7 heteroatoms. The van der Waals surface area contributed by atoms with Gasteiger partial charge in [-0.2, -0.15) is 0 Å². The summed E-state index contributed by atoms with van der Waals surface area (Å²) in [5, 5.41) is 18.5. The third kappa shape index (κ3) is 2.32. The van der Waals surface area contributed by atoms with Crippen molar-refractivity contribution in [1.29, 1.82) is 0 Å². The fraction of sp³-hybridized carbons (Fsp3) is 0.400. The zero-order valence-corrected chi connectivity index (χ0v) is 9.00. The average Bonchev–Trinajstić information content (AvgIpc) is 2.80. The van der Waals surface area contributed by atoms with Crippen LogP contribution in [0, 0.1) is 0 Å².